The zero-order valence-corrected chi connectivity index (χ0v) is 45.1. The molecule has 3 heterocycles. The molecule has 0 fully saturated rings. The highest BCUT2D eigenvalue weighted by Gasteiger charge is 2.27. The van der Waals surface area contributed by atoms with E-state index in [1.54, 1.807) is 18.2 Å². The molecule has 0 aliphatic carbocycles. The van der Waals surface area contributed by atoms with Crippen LogP contribution in [0.4, 0.5) is 11.4 Å². The fourth-order valence-electron chi connectivity index (χ4n) is 11.0. The second-order valence-electron chi connectivity index (χ2n) is 20.7. The Morgan fingerprint density at radius 3 is 1.49 bits per heavy atom. The molecule has 7 N–H and O–H groups in total. The van der Waals surface area contributed by atoms with Crippen molar-refractivity contribution in [1.29, 1.82) is 0 Å². The highest BCUT2D eigenvalue weighted by molar-refractivity contribution is 6.13. The number of carboxylic acids is 2. The molecule has 0 spiro atoms. The number of carbonyl (C=O) groups is 2. The van der Waals surface area contributed by atoms with Crippen molar-refractivity contribution in [3.05, 3.63) is 115 Å². The van der Waals surface area contributed by atoms with Gasteiger partial charge in [-0.05, 0) is 69.9 Å². The third kappa shape index (κ3) is 12.6. The average Bonchev–Trinajstić information content (AvgIpc) is 4.07. The van der Waals surface area contributed by atoms with E-state index in [-0.39, 0.29) is 27.5 Å². The van der Waals surface area contributed by atoms with E-state index in [4.69, 9.17) is 30.1 Å². The van der Waals surface area contributed by atoms with Gasteiger partial charge in [-0.2, -0.15) is 0 Å². The Balaban J connectivity index is 0.661. The number of nitrogens with two attached hydrogens (primary N) is 2. The number of ether oxygens (including phenoxy) is 3. The topological polar surface area (TPSA) is 249 Å². The van der Waals surface area contributed by atoms with Crippen molar-refractivity contribution < 1.29 is 43.5 Å². The van der Waals surface area contributed by atoms with Gasteiger partial charge in [0, 0.05) is 41.0 Å². The van der Waals surface area contributed by atoms with E-state index in [9.17, 15) is 39.3 Å². The highest BCUT2D eigenvalue weighted by atomic mass is 16.5. The van der Waals surface area contributed by atoms with E-state index in [2.05, 4.69) is 16.7 Å². The first-order valence-corrected chi connectivity index (χ1v) is 27.9. The lowest BCUT2D eigenvalue weighted by Gasteiger charge is -2.15. The van der Waals surface area contributed by atoms with E-state index >= 15 is 0 Å². The summed E-state index contributed by atoms with van der Waals surface area (Å²) in [5.41, 5.74) is 17.0. The van der Waals surface area contributed by atoms with Crippen molar-refractivity contribution in [3.63, 3.8) is 0 Å². The van der Waals surface area contributed by atoms with Crippen molar-refractivity contribution in [2.45, 2.75) is 155 Å². The van der Waals surface area contributed by atoms with Crippen LogP contribution in [-0.2, 0) is 17.9 Å². The molecule has 8 rings (SSSR count). The highest BCUT2D eigenvalue weighted by Crippen LogP contribution is 2.41. The zero-order valence-electron chi connectivity index (χ0n) is 45.1. The van der Waals surface area contributed by atoms with Crippen LogP contribution in [0.25, 0.3) is 54.7 Å². The summed E-state index contributed by atoms with van der Waals surface area (Å²) in [5.74, 6) is -2.59. The van der Waals surface area contributed by atoms with Crippen LogP contribution < -0.4 is 42.0 Å². The van der Waals surface area contributed by atoms with Gasteiger partial charge in [-0.25, -0.2) is 9.59 Å². The average molecular weight is 1070 g/mol. The summed E-state index contributed by atoms with van der Waals surface area (Å²) in [6.07, 6.45) is 22.4. The Kier molecular flexibility index (Phi) is 19.2. The predicted octanol–water partition coefficient (Wildman–Crippen LogP) is 12.7. The number of para-hydroxylation sites is 2. The first-order chi connectivity index (χ1) is 37.8. The summed E-state index contributed by atoms with van der Waals surface area (Å²) in [6, 6.07) is 21.4. The number of hydrogen-bond donors (Lipinski definition) is 5. The largest absolute Gasteiger partial charge is 0.501 e. The molecule has 5 aromatic carbocycles. The normalized spacial score (nSPS) is 11.7. The molecule has 78 heavy (non-hydrogen) atoms. The number of hydrogen-bond acceptors (Lipinski definition) is 12. The van der Waals surface area contributed by atoms with Crippen molar-refractivity contribution in [1.82, 2.24) is 9.13 Å². The molecule has 414 valence electrons. The molecule has 0 bridgehead atoms. The molecular weight excluding hydrogens is 993 g/mol. The molecule has 16 nitrogen and oxygen atoms in total. The quantitative estimate of drug-likeness (QED) is 0.0190. The first-order valence-electron chi connectivity index (χ1n) is 27.9. The fraction of sp³-hybridized carbons (Fsp3) is 0.435. The molecular formula is C62H74N4O12. The number of fused-ring (bicyclic) bond motifs is 5. The van der Waals surface area contributed by atoms with Gasteiger partial charge in [0.25, 0.3) is 5.76 Å². The maximum Gasteiger partial charge on any atom is 0.375 e. The first kappa shape index (κ1) is 56.5. The van der Waals surface area contributed by atoms with Crippen LogP contribution in [0.3, 0.4) is 0 Å². The number of aromatic nitrogens is 2. The number of nitrogens with zero attached hydrogens (tertiary/aromatic N) is 2. The number of aromatic hydroxyl groups is 1. The Hall–Kier alpha value is -7.75. The molecule has 0 aliphatic heterocycles. The number of unbranched alkanes of at least 4 members (excludes halogenated alkanes) is 18. The third-order valence-corrected chi connectivity index (χ3v) is 15.3. The van der Waals surface area contributed by atoms with E-state index in [0.29, 0.717) is 47.4 Å². The molecule has 0 saturated heterocycles. The Bertz CT molecular complexity index is 3540. The molecule has 0 amide bonds. The van der Waals surface area contributed by atoms with Crippen LogP contribution in [-0.4, -0.2) is 56.2 Å². The number of rotatable bonds is 33. The summed E-state index contributed by atoms with van der Waals surface area (Å²) < 4.78 is 27.9. The van der Waals surface area contributed by atoms with Crippen molar-refractivity contribution in [2.24, 2.45) is 0 Å². The summed E-state index contributed by atoms with van der Waals surface area (Å²) in [6.45, 7) is 5.91. The monoisotopic (exact) mass is 1070 g/mol. The van der Waals surface area contributed by atoms with Crippen LogP contribution in [0.15, 0.2) is 85.5 Å². The van der Waals surface area contributed by atoms with Gasteiger partial charge < -0.3 is 54.5 Å². The van der Waals surface area contributed by atoms with Crippen LogP contribution >= 0.6 is 0 Å². The summed E-state index contributed by atoms with van der Waals surface area (Å²) in [7, 11) is 0. The van der Waals surface area contributed by atoms with E-state index < -0.39 is 46.3 Å². The zero-order chi connectivity index (χ0) is 55.3. The Morgan fingerprint density at radius 1 is 0.526 bits per heavy atom. The van der Waals surface area contributed by atoms with Crippen LogP contribution in [0.1, 0.15) is 150 Å². The molecule has 0 aliphatic rings. The lowest BCUT2D eigenvalue weighted by molar-refractivity contribution is -0.139. The molecule has 16 heteroatoms. The van der Waals surface area contributed by atoms with Crippen molar-refractivity contribution in [2.75, 3.05) is 31.3 Å². The number of aliphatic carboxylic acids is 1. The summed E-state index contributed by atoms with van der Waals surface area (Å²) >= 11 is 0. The fourth-order valence-corrected chi connectivity index (χ4v) is 11.0. The SMILES string of the molecule is Cc1c(N)c2c(OCC(=O)O)c3c(=O)c(=O)c3cc2n1CCCCCCCCCCCCOc1ccccc1-c1ccccc1OCCCCCCCCCCCCn1c(C)c(N)c2c3oc(C(=O)O)c(O)c(=O)c3ccc21. The Labute approximate surface area is 453 Å². The minimum absolute atomic E-state index is 0.0748. The minimum atomic E-state index is -1.52. The Morgan fingerprint density at radius 2 is 0.987 bits per heavy atom. The predicted molar refractivity (Wildman–Crippen MR) is 308 cm³/mol. The number of aromatic carboxylic acids is 1. The van der Waals surface area contributed by atoms with Gasteiger partial charge in [0.05, 0.1) is 57.2 Å². The lowest BCUT2D eigenvalue weighted by atomic mass is 10.0. The second-order valence-corrected chi connectivity index (χ2v) is 20.7. The van der Waals surface area contributed by atoms with E-state index in [1.807, 2.05) is 54.8 Å². The summed E-state index contributed by atoms with van der Waals surface area (Å²) in [5, 5.41) is 30.2. The molecule has 8 aromatic rings. The smallest absolute Gasteiger partial charge is 0.375 e. The van der Waals surface area contributed by atoms with Crippen molar-refractivity contribution in [3.8, 4) is 34.1 Å². The van der Waals surface area contributed by atoms with Gasteiger partial charge >= 0.3 is 11.9 Å². The number of aryl methyl sites for hydroxylation is 2. The van der Waals surface area contributed by atoms with E-state index in [0.717, 1.165) is 117 Å². The van der Waals surface area contributed by atoms with Crippen LogP contribution in [0.5, 0.6) is 23.0 Å². The number of nitrogen functional groups attached to an aromatic ring is 2. The molecule has 0 unspecified atom stereocenters. The minimum Gasteiger partial charge on any atom is -0.501 e. The molecule has 0 radical (unpaired) electrons. The number of carboxylic acid groups (broad SMARTS) is 2. The maximum atomic E-state index is 12.7. The van der Waals surface area contributed by atoms with Crippen LogP contribution in [0, 0.1) is 13.8 Å². The summed E-state index contributed by atoms with van der Waals surface area (Å²) in [4.78, 5) is 60.3. The van der Waals surface area contributed by atoms with E-state index in [1.165, 1.54) is 57.8 Å². The van der Waals surface area contributed by atoms with Gasteiger partial charge in [0.1, 0.15) is 17.2 Å². The third-order valence-electron chi connectivity index (χ3n) is 15.3. The van der Waals surface area contributed by atoms with Gasteiger partial charge in [0.15, 0.2) is 12.2 Å². The van der Waals surface area contributed by atoms with Gasteiger partial charge in [-0.3, -0.25) is 14.4 Å². The van der Waals surface area contributed by atoms with Gasteiger partial charge in [-0.1, -0.05) is 139 Å². The standard InChI is InChI=1S/C62H74N4O12/c1-39-53(63)51-45(32-31-43-55(69)58(72)61(62(73)74)78-59(43)51)65(39)33-23-15-11-7-3-5-9-13-17-25-35-75-47-29-21-19-27-41(47)42-28-20-22-30-48(42)76-36-26-18-14-10-6-4-8-12-16-24-34-66-40(2)54(64)52-46(66)37-44-50(57(71)56(44)70)60(52)77-38-49(67)68/h19-22,27-32,37,72H,3-18,23-26,33-36,38,63-64H2,1-2H3,(H,67,68)(H,73,74). The second kappa shape index (κ2) is 26.5. The number of anilines is 2. The van der Waals surface area contributed by atoms with Crippen molar-refractivity contribution >= 4 is 66.9 Å². The molecule has 0 saturated carbocycles. The molecule has 3 aromatic heterocycles. The number of benzene rings is 4. The molecule has 0 atom stereocenters. The van der Waals surface area contributed by atoms with Gasteiger partial charge in [0.2, 0.25) is 22.0 Å². The maximum absolute atomic E-state index is 12.7. The van der Waals surface area contributed by atoms with Gasteiger partial charge in [-0.15, -0.1) is 0 Å². The lowest BCUT2D eigenvalue weighted by Crippen LogP contribution is -2.31. The van der Waals surface area contributed by atoms with Crippen LogP contribution in [0.2, 0.25) is 0 Å².